The van der Waals surface area contributed by atoms with Gasteiger partial charge in [0.1, 0.15) is 42.3 Å². The first kappa shape index (κ1) is 62.1. The average molecular weight is 1140 g/mol. The van der Waals surface area contributed by atoms with Crippen LogP contribution in [0, 0.1) is 57.2 Å². The first-order valence-electron chi connectivity index (χ1n) is 25.8. The highest BCUT2D eigenvalue weighted by Gasteiger charge is 2.70. The molecule has 3 N–H and O–H groups in total. The zero-order valence-corrected chi connectivity index (χ0v) is 47.0. The van der Waals surface area contributed by atoms with Crippen LogP contribution in [0.15, 0.2) is 47.6 Å². The van der Waals surface area contributed by atoms with E-state index in [0.717, 1.165) is 36.8 Å². The highest BCUT2D eigenvalue weighted by molar-refractivity contribution is 7.87. The first-order valence-corrected chi connectivity index (χ1v) is 31.2. The summed E-state index contributed by atoms with van der Waals surface area (Å²) in [5, 5.41) is 32.1. The molecule has 0 aromatic carbocycles. The van der Waals surface area contributed by atoms with Gasteiger partial charge in [-0.3, -0.25) is 42.1 Å². The number of hydrogen-bond acceptors (Lipinski definition) is 18. The molecule has 8 aliphatic carbocycles. The van der Waals surface area contributed by atoms with E-state index in [1.165, 1.54) is 20.5 Å². The molecule has 1 unspecified atom stereocenters. The number of Topliss-reactive ketones (excluding diaryl/α,β-unsaturated/α-hetero) is 4. The molecule has 0 radical (unpaired) electrons. The molecule has 0 aromatic heterocycles. The zero-order valence-electron chi connectivity index (χ0n) is 44.4. The second-order valence-electron chi connectivity index (χ2n) is 22.4. The summed E-state index contributed by atoms with van der Waals surface area (Å²) in [6, 6.07) is 0. The maximum absolute atomic E-state index is 13.6. The molecule has 76 heavy (non-hydrogen) atoms. The van der Waals surface area contributed by atoms with E-state index in [1.807, 2.05) is 39.8 Å². The minimum atomic E-state index is -5.80. The molecule has 426 valence electrons. The van der Waals surface area contributed by atoms with Gasteiger partial charge in [-0.05, 0) is 120 Å². The number of hydrogen-bond donors (Lipinski definition) is 3. The maximum Gasteiger partial charge on any atom is 0.523 e. The molecule has 0 amide bonds. The van der Waals surface area contributed by atoms with E-state index in [-0.39, 0.29) is 104 Å². The van der Waals surface area contributed by atoms with Crippen LogP contribution in [0.2, 0.25) is 0 Å². The lowest BCUT2D eigenvalue weighted by Gasteiger charge is -2.56. The number of rotatable bonds is 16. The second kappa shape index (κ2) is 22.4. The number of aliphatic hydroxyl groups is 3. The van der Waals surface area contributed by atoms with Gasteiger partial charge < -0.3 is 33.6 Å². The quantitative estimate of drug-likeness (QED) is 0.0765. The molecular formula is C52H73F3O18P2S. The van der Waals surface area contributed by atoms with Crippen molar-refractivity contribution in [2.24, 2.45) is 57.2 Å². The third-order valence-corrected chi connectivity index (χ3v) is 22.5. The fourth-order valence-electron chi connectivity index (χ4n) is 14.6. The lowest BCUT2D eigenvalue weighted by molar-refractivity contribution is -0.170. The van der Waals surface area contributed by atoms with Crippen molar-refractivity contribution in [2.45, 2.75) is 129 Å². The van der Waals surface area contributed by atoms with Gasteiger partial charge in [0.25, 0.3) is 0 Å². The Hall–Kier alpha value is -3.14. The van der Waals surface area contributed by atoms with Crippen LogP contribution < -0.4 is 0 Å². The summed E-state index contributed by atoms with van der Waals surface area (Å²) in [5.41, 5.74) is -9.42. The largest absolute Gasteiger partial charge is 0.523 e. The van der Waals surface area contributed by atoms with E-state index < -0.39 is 88.0 Å². The van der Waals surface area contributed by atoms with Crippen molar-refractivity contribution in [1.29, 1.82) is 0 Å². The van der Waals surface area contributed by atoms with Crippen LogP contribution in [0.25, 0.3) is 0 Å². The molecule has 6 saturated carbocycles. The fourth-order valence-corrected chi connectivity index (χ4v) is 17.8. The summed E-state index contributed by atoms with van der Waals surface area (Å²) < 4.78 is 104. The zero-order chi connectivity index (χ0) is 56.9. The summed E-state index contributed by atoms with van der Waals surface area (Å²) in [4.78, 5) is 76.1. The summed E-state index contributed by atoms with van der Waals surface area (Å²) in [7, 11) is -12.7. The lowest BCUT2D eigenvalue weighted by atomic mass is 9.46. The van der Waals surface area contributed by atoms with Crippen molar-refractivity contribution in [3.63, 3.8) is 0 Å². The smallest absolute Gasteiger partial charge is 0.388 e. The number of allylic oxidation sites excluding steroid dienone is 8. The van der Waals surface area contributed by atoms with Gasteiger partial charge >= 0.3 is 23.2 Å². The topological polar surface area (TPSA) is 278 Å². The van der Waals surface area contributed by atoms with Crippen molar-refractivity contribution < 1.29 is 97.3 Å². The van der Waals surface area contributed by atoms with Crippen LogP contribution in [0.5, 0.6) is 0 Å². The standard InChI is InChI=1S/C25H35O7P.C21H26O5.C6H12F3O6PS/c1-5-32-33(4,30)15-31-14-21(28)25(29)11-9-19-18-7-6-16-12-17(26)8-10-23(16,2)22(18)20(27)13-24(19,25)3;1-19-7-5-13(23)9-12(19)3-4-14-15-6-8-21(26,17(25)11-22)20(15,2)10-16(24)18(14)19;1-3-13-16(10,14-4-2)5-15-17(11,12)6(7,8)9/h8,10,12,18-19,22,29H,5-7,9,11,13-15H2,1-4H3;5,7,9,14-15,18,22,26H,3-4,6,8,10-11H2,1-2H3;3-5H2,1-2H3/t18-,19-,22+,23-,24-,25-,33?;14-,15-,18+,19-,20-,21-;/m00./s1. The molecular weight excluding hydrogens is 1060 g/mol. The molecule has 6 fully saturated rings. The molecule has 24 heteroatoms. The molecule has 0 spiro atoms. The Labute approximate surface area is 442 Å². The predicted octanol–water partition coefficient (Wildman–Crippen LogP) is 7.53. The number of fused-ring (bicyclic) bond motifs is 10. The molecule has 0 aliphatic heterocycles. The van der Waals surface area contributed by atoms with E-state index in [9.17, 15) is 74.8 Å². The van der Waals surface area contributed by atoms with Gasteiger partial charge in [-0.2, -0.15) is 21.6 Å². The van der Waals surface area contributed by atoms with Crippen molar-refractivity contribution in [1.82, 2.24) is 0 Å². The number of carbonyl (C=O) groups excluding carboxylic acids is 6. The Kier molecular flexibility index (Phi) is 18.3. The second-order valence-corrected chi connectivity index (χ2v) is 28.5. The van der Waals surface area contributed by atoms with Crippen LogP contribution in [0.3, 0.4) is 0 Å². The summed E-state index contributed by atoms with van der Waals surface area (Å²) in [6.07, 6.45) is 14.0. The number of alkyl halides is 3. The first-order chi connectivity index (χ1) is 35.1. The molecule has 0 saturated heterocycles. The SMILES string of the molecule is CCOP(=O)(COS(=O)(=O)C(F)(F)F)OCC.CCOP(C)(=O)COCC(=O)[C@@]1(O)CC[C@H]2[C@@H]3CCC4=CC(=O)C=C[C@]4(C)[C@H]3C(=O)C[C@@]21C.C[C@]12C=CC(=O)C=C1CC[C@@H]1[C@@H]2C(=O)C[C@@]2(C)[C@H]1CC[C@]2(O)C(=O)CO. The Morgan fingerprint density at radius 2 is 1.12 bits per heavy atom. The van der Waals surface area contributed by atoms with Crippen molar-refractivity contribution in [2.75, 3.05) is 52.4 Å². The number of ether oxygens (including phenoxy) is 1. The van der Waals surface area contributed by atoms with Crippen LogP contribution in [-0.2, 0) is 70.5 Å². The molecule has 8 rings (SSSR count). The lowest BCUT2D eigenvalue weighted by Crippen LogP contribution is -2.60. The molecule has 0 aromatic rings. The maximum atomic E-state index is 13.6. The van der Waals surface area contributed by atoms with Gasteiger partial charge in [-0.15, -0.1) is 0 Å². The number of carbonyl (C=O) groups is 6. The van der Waals surface area contributed by atoms with Gasteiger partial charge in [-0.25, -0.2) is 0 Å². The monoisotopic (exact) mass is 1140 g/mol. The van der Waals surface area contributed by atoms with Crippen molar-refractivity contribution in [3.8, 4) is 0 Å². The van der Waals surface area contributed by atoms with Crippen LogP contribution in [0.1, 0.15) is 113 Å². The van der Waals surface area contributed by atoms with Crippen molar-refractivity contribution >= 4 is 59.8 Å². The molecule has 0 heterocycles. The van der Waals surface area contributed by atoms with E-state index >= 15 is 0 Å². The van der Waals surface area contributed by atoms with Crippen LogP contribution in [0.4, 0.5) is 13.2 Å². The van der Waals surface area contributed by atoms with Crippen LogP contribution >= 0.6 is 15.0 Å². The van der Waals surface area contributed by atoms with E-state index in [2.05, 4.69) is 13.2 Å². The van der Waals surface area contributed by atoms with Gasteiger partial charge in [0.05, 0.1) is 19.8 Å². The number of halogens is 3. The van der Waals surface area contributed by atoms with Crippen molar-refractivity contribution in [3.05, 3.63) is 47.6 Å². The third kappa shape index (κ3) is 11.2. The molecule has 18 nitrogen and oxygen atoms in total. The molecule has 13 atom stereocenters. The molecule has 0 bridgehead atoms. The molecule has 8 aliphatic rings. The Morgan fingerprint density at radius 1 is 0.697 bits per heavy atom. The third-order valence-electron chi connectivity index (χ3n) is 18.1. The predicted molar refractivity (Wildman–Crippen MR) is 269 cm³/mol. The normalized spacial score (nSPS) is 37.3. The van der Waals surface area contributed by atoms with Gasteiger partial charge in [0.15, 0.2) is 29.5 Å². The highest BCUT2D eigenvalue weighted by Crippen LogP contribution is 2.68. The summed E-state index contributed by atoms with van der Waals surface area (Å²) in [5.74, 6) is -1.20. The number of ketones is 6. The minimum absolute atomic E-state index is 0.0206. The Morgan fingerprint density at radius 3 is 1.51 bits per heavy atom. The average Bonchev–Trinajstić information content (AvgIpc) is 3.76. The Bertz CT molecular complexity index is 2670. The number of aliphatic hydroxyl groups excluding tert-OH is 1. The van der Waals surface area contributed by atoms with E-state index in [1.54, 1.807) is 31.2 Å². The van der Waals surface area contributed by atoms with Gasteiger partial charge in [0.2, 0.25) is 7.37 Å². The highest BCUT2D eigenvalue weighted by atomic mass is 32.2. The fraction of sp³-hybridized carbons (Fsp3) is 0.731. The Balaban J connectivity index is 0.000000195. The summed E-state index contributed by atoms with van der Waals surface area (Å²) >= 11 is 0. The minimum Gasteiger partial charge on any atom is -0.388 e. The van der Waals surface area contributed by atoms with E-state index in [0.29, 0.717) is 25.9 Å². The summed E-state index contributed by atoms with van der Waals surface area (Å²) in [6.45, 7) is 12.8. The van der Waals surface area contributed by atoms with Gasteiger partial charge in [0, 0.05) is 53.0 Å². The van der Waals surface area contributed by atoms with Crippen LogP contribution in [-0.4, -0.2) is 128 Å². The van der Waals surface area contributed by atoms with E-state index in [4.69, 9.17) is 9.26 Å². The van der Waals surface area contributed by atoms with Gasteiger partial charge in [-0.1, -0.05) is 51.0 Å².